The van der Waals surface area contributed by atoms with Gasteiger partial charge in [0.1, 0.15) is 6.54 Å². The second-order valence-electron chi connectivity index (χ2n) is 7.15. The maximum atomic E-state index is 12.2. The minimum Gasteiger partial charge on any atom is -0.326 e. The molecule has 1 aromatic rings. The van der Waals surface area contributed by atoms with Crippen LogP contribution in [-0.2, 0) is 14.8 Å². The Hall–Kier alpha value is -1.61. The van der Waals surface area contributed by atoms with Crippen molar-refractivity contribution in [2.24, 2.45) is 17.8 Å². The van der Waals surface area contributed by atoms with E-state index in [0.717, 1.165) is 12.3 Å². The predicted octanol–water partition coefficient (Wildman–Crippen LogP) is 3.29. The highest BCUT2D eigenvalue weighted by molar-refractivity contribution is 7.89. The van der Waals surface area contributed by atoms with E-state index in [1.165, 1.54) is 48.3 Å². The highest BCUT2D eigenvalue weighted by Crippen LogP contribution is 2.49. The maximum absolute atomic E-state index is 12.2. The van der Waals surface area contributed by atoms with Gasteiger partial charge in [0, 0.05) is 12.1 Å². The van der Waals surface area contributed by atoms with Crippen LogP contribution in [0, 0.1) is 17.8 Å². The fourth-order valence-corrected chi connectivity index (χ4v) is 5.07. The SMILES string of the molecule is O=C(C[C@@H]1C[C@H]2CC[C@@H]1C2)Nc1ccc(S(=O)(=O)NCC(F)(F)F)cc1. The first kappa shape index (κ1) is 19.2. The molecule has 26 heavy (non-hydrogen) atoms. The van der Waals surface area contributed by atoms with Crippen molar-refractivity contribution in [1.82, 2.24) is 4.72 Å². The van der Waals surface area contributed by atoms with Gasteiger partial charge in [-0.15, -0.1) is 0 Å². The molecule has 0 aromatic heterocycles. The van der Waals surface area contributed by atoms with Gasteiger partial charge in [0.05, 0.1) is 4.90 Å². The van der Waals surface area contributed by atoms with E-state index in [9.17, 15) is 26.4 Å². The van der Waals surface area contributed by atoms with E-state index in [-0.39, 0.29) is 10.8 Å². The molecular weight excluding hydrogens is 369 g/mol. The van der Waals surface area contributed by atoms with Gasteiger partial charge >= 0.3 is 6.18 Å². The molecule has 0 unspecified atom stereocenters. The van der Waals surface area contributed by atoms with Crippen molar-refractivity contribution >= 4 is 21.6 Å². The molecule has 144 valence electrons. The van der Waals surface area contributed by atoms with Crippen molar-refractivity contribution in [2.45, 2.75) is 43.2 Å². The van der Waals surface area contributed by atoms with E-state index in [0.29, 0.717) is 23.9 Å². The predicted molar refractivity (Wildman–Crippen MR) is 89.9 cm³/mol. The minimum atomic E-state index is -4.62. The maximum Gasteiger partial charge on any atom is 0.402 e. The Kier molecular flexibility index (Phi) is 5.30. The van der Waals surface area contributed by atoms with Crippen LogP contribution in [0.25, 0.3) is 0 Å². The van der Waals surface area contributed by atoms with E-state index in [4.69, 9.17) is 0 Å². The third-order valence-electron chi connectivity index (χ3n) is 5.24. The number of nitrogens with one attached hydrogen (secondary N) is 2. The third-order valence-corrected chi connectivity index (χ3v) is 6.66. The third kappa shape index (κ3) is 4.76. The van der Waals surface area contributed by atoms with Crippen LogP contribution in [-0.4, -0.2) is 27.0 Å². The fourth-order valence-electron chi connectivity index (χ4n) is 4.05. The molecule has 0 radical (unpaired) electrons. The Bertz CT molecular complexity index is 762. The molecule has 0 aliphatic heterocycles. The summed E-state index contributed by atoms with van der Waals surface area (Å²) in [6.07, 6.45) is 0.603. The molecule has 2 aliphatic carbocycles. The average Bonchev–Trinajstić information content (AvgIpc) is 3.16. The first-order chi connectivity index (χ1) is 12.1. The molecule has 3 rings (SSSR count). The van der Waals surface area contributed by atoms with Crippen molar-refractivity contribution in [3.63, 3.8) is 0 Å². The van der Waals surface area contributed by atoms with E-state index in [1.54, 1.807) is 0 Å². The van der Waals surface area contributed by atoms with Crippen molar-refractivity contribution in [3.8, 4) is 0 Å². The first-order valence-corrected chi connectivity index (χ1v) is 10.1. The first-order valence-electron chi connectivity index (χ1n) is 8.59. The zero-order valence-electron chi connectivity index (χ0n) is 14.1. The highest BCUT2D eigenvalue weighted by atomic mass is 32.2. The molecule has 9 heteroatoms. The molecule has 1 aromatic carbocycles. The summed E-state index contributed by atoms with van der Waals surface area (Å²) in [7, 11) is -4.25. The normalized spacial score (nSPS) is 25.4. The lowest BCUT2D eigenvalue weighted by Crippen LogP contribution is -2.33. The number of benzene rings is 1. The van der Waals surface area contributed by atoms with Crippen LogP contribution in [0.1, 0.15) is 32.1 Å². The molecule has 2 N–H and O–H groups in total. The topological polar surface area (TPSA) is 75.3 Å². The van der Waals surface area contributed by atoms with E-state index < -0.39 is 22.7 Å². The highest BCUT2D eigenvalue weighted by Gasteiger charge is 2.40. The van der Waals surface area contributed by atoms with E-state index in [2.05, 4.69) is 5.32 Å². The van der Waals surface area contributed by atoms with Crippen molar-refractivity contribution in [2.75, 3.05) is 11.9 Å². The van der Waals surface area contributed by atoms with Gasteiger partial charge in [-0.05, 0) is 61.3 Å². The summed E-state index contributed by atoms with van der Waals surface area (Å²) in [5.41, 5.74) is 0.424. The van der Waals surface area contributed by atoms with Crippen LogP contribution in [0.2, 0.25) is 0 Å². The average molecular weight is 390 g/mol. The van der Waals surface area contributed by atoms with Gasteiger partial charge in [0.15, 0.2) is 0 Å². The summed E-state index contributed by atoms with van der Waals surface area (Å²) in [5, 5.41) is 2.73. The molecule has 1 amide bonds. The lowest BCUT2D eigenvalue weighted by molar-refractivity contribution is -0.121. The summed E-state index contributed by atoms with van der Waals surface area (Å²) in [6, 6.07) is 5.10. The van der Waals surface area contributed by atoms with Gasteiger partial charge in [-0.3, -0.25) is 4.79 Å². The van der Waals surface area contributed by atoms with Crippen molar-refractivity contribution in [1.29, 1.82) is 0 Å². The Balaban J connectivity index is 1.54. The number of carbonyl (C=O) groups excluding carboxylic acids is 1. The van der Waals surface area contributed by atoms with Gasteiger partial charge in [-0.1, -0.05) is 6.42 Å². The lowest BCUT2D eigenvalue weighted by Gasteiger charge is -2.20. The summed E-state index contributed by atoms with van der Waals surface area (Å²) in [6.45, 7) is -1.63. The Morgan fingerprint density at radius 1 is 1.12 bits per heavy atom. The van der Waals surface area contributed by atoms with Crippen LogP contribution >= 0.6 is 0 Å². The second-order valence-corrected chi connectivity index (χ2v) is 8.92. The number of hydrogen-bond donors (Lipinski definition) is 2. The summed E-state index contributed by atoms with van der Waals surface area (Å²) in [5.74, 6) is 1.69. The molecule has 0 heterocycles. The molecule has 5 nitrogen and oxygen atoms in total. The van der Waals surface area contributed by atoms with Crippen LogP contribution in [0.15, 0.2) is 29.2 Å². The monoisotopic (exact) mass is 390 g/mol. The standard InChI is InChI=1S/C17H21F3N2O3S/c18-17(19,20)10-21-26(24,25)15-5-3-14(4-6-15)22-16(23)9-13-8-11-1-2-12(13)7-11/h3-6,11-13,21H,1-2,7-10H2,(H,22,23)/t11-,12+,13-/m0/s1. The number of hydrogen-bond acceptors (Lipinski definition) is 3. The molecule has 2 aliphatic rings. The smallest absolute Gasteiger partial charge is 0.326 e. The lowest BCUT2D eigenvalue weighted by atomic mass is 9.86. The fraction of sp³-hybridized carbons (Fsp3) is 0.588. The zero-order valence-corrected chi connectivity index (χ0v) is 14.9. The van der Waals surface area contributed by atoms with E-state index >= 15 is 0 Å². The molecule has 2 saturated carbocycles. The number of fused-ring (bicyclic) bond motifs is 2. The number of halogens is 3. The molecule has 0 spiro atoms. The van der Waals surface area contributed by atoms with E-state index in [1.807, 2.05) is 0 Å². The van der Waals surface area contributed by atoms with Crippen LogP contribution in [0.5, 0.6) is 0 Å². The molecular formula is C17H21F3N2O3S. The van der Waals surface area contributed by atoms with Crippen LogP contribution < -0.4 is 10.0 Å². The quantitative estimate of drug-likeness (QED) is 0.783. The van der Waals surface area contributed by atoms with Gasteiger partial charge in [0.2, 0.25) is 15.9 Å². The van der Waals surface area contributed by atoms with Gasteiger partial charge in [-0.2, -0.15) is 13.2 Å². The Morgan fingerprint density at radius 2 is 1.81 bits per heavy atom. The number of rotatable bonds is 6. The van der Waals surface area contributed by atoms with Gasteiger partial charge < -0.3 is 5.32 Å². The Labute approximate surface area is 150 Å². The number of anilines is 1. The second kappa shape index (κ2) is 7.19. The van der Waals surface area contributed by atoms with Crippen LogP contribution in [0.3, 0.4) is 0 Å². The zero-order chi connectivity index (χ0) is 18.9. The molecule has 2 fully saturated rings. The summed E-state index contributed by atoms with van der Waals surface area (Å²) < 4.78 is 61.6. The molecule has 2 bridgehead atoms. The Morgan fingerprint density at radius 3 is 2.35 bits per heavy atom. The van der Waals surface area contributed by atoms with Gasteiger partial charge in [0.25, 0.3) is 0 Å². The number of carbonyl (C=O) groups is 1. The number of sulfonamides is 1. The largest absolute Gasteiger partial charge is 0.402 e. The number of alkyl halides is 3. The number of amides is 1. The van der Waals surface area contributed by atoms with Gasteiger partial charge in [-0.25, -0.2) is 13.1 Å². The summed E-state index contributed by atoms with van der Waals surface area (Å²) in [4.78, 5) is 11.9. The van der Waals surface area contributed by atoms with Crippen molar-refractivity contribution in [3.05, 3.63) is 24.3 Å². The van der Waals surface area contributed by atoms with Crippen LogP contribution in [0.4, 0.5) is 18.9 Å². The molecule has 3 atom stereocenters. The molecule has 0 saturated heterocycles. The minimum absolute atomic E-state index is 0.117. The van der Waals surface area contributed by atoms with Crippen molar-refractivity contribution < 1.29 is 26.4 Å². The summed E-state index contributed by atoms with van der Waals surface area (Å²) >= 11 is 0.